The minimum absolute atomic E-state index is 0. The molecule has 33 heavy (non-hydrogen) atoms. The van der Waals surface area contributed by atoms with Crippen molar-refractivity contribution in [1.29, 1.82) is 0 Å². The number of nitrogens with zero attached hydrogens (tertiary/aromatic N) is 8. The minimum atomic E-state index is -0.694. The quantitative estimate of drug-likeness (QED) is 0.565. The van der Waals surface area contributed by atoms with Crippen LogP contribution in [0, 0.1) is 6.92 Å². The second-order valence-corrected chi connectivity index (χ2v) is 8.48. The van der Waals surface area contributed by atoms with Gasteiger partial charge in [0.25, 0.3) is 0 Å². The Morgan fingerprint density at radius 3 is 2.18 bits per heavy atom. The molecule has 8 nitrogen and oxygen atoms in total. The van der Waals surface area contributed by atoms with Crippen LogP contribution in [0.15, 0.2) is 43.0 Å². The third kappa shape index (κ3) is 5.09. The van der Waals surface area contributed by atoms with Crippen molar-refractivity contribution < 1.29 is 4.39 Å². The lowest BCUT2D eigenvalue weighted by Gasteiger charge is -2.38. The van der Waals surface area contributed by atoms with Crippen molar-refractivity contribution in [2.24, 2.45) is 0 Å². The molecule has 0 spiro atoms. The van der Waals surface area contributed by atoms with Gasteiger partial charge in [-0.2, -0.15) is 5.10 Å². The standard InChI is InChI=1S/C23H29FN8.ClH/c1-18-19(16-28-32(18)21-4-2-3-7-25-21)17-29-12-14-31(15-13-29)23-22(26-8-9-27-23)30-10-5-20(24)6-11-30;/h2-4,7-9,16,20H,5-6,10-15,17H2,1H3;1H. The van der Waals surface area contributed by atoms with Crippen LogP contribution in [-0.2, 0) is 6.54 Å². The molecule has 3 aromatic rings. The van der Waals surface area contributed by atoms with Crippen LogP contribution >= 0.6 is 12.4 Å². The zero-order valence-electron chi connectivity index (χ0n) is 18.8. The van der Waals surface area contributed by atoms with Crippen LogP contribution in [0.3, 0.4) is 0 Å². The molecule has 0 radical (unpaired) electrons. The molecule has 3 aromatic heterocycles. The van der Waals surface area contributed by atoms with Gasteiger partial charge in [0.1, 0.15) is 6.17 Å². The van der Waals surface area contributed by atoms with E-state index >= 15 is 0 Å². The zero-order valence-corrected chi connectivity index (χ0v) is 19.7. The third-order valence-corrected chi connectivity index (χ3v) is 6.43. The number of hydrogen-bond acceptors (Lipinski definition) is 7. The highest BCUT2D eigenvalue weighted by Gasteiger charge is 2.26. The molecule has 2 saturated heterocycles. The van der Waals surface area contributed by atoms with Gasteiger partial charge in [0, 0.05) is 75.7 Å². The van der Waals surface area contributed by atoms with Crippen LogP contribution in [0.5, 0.6) is 0 Å². The maximum Gasteiger partial charge on any atom is 0.172 e. The van der Waals surface area contributed by atoms with Crippen LogP contribution in [0.4, 0.5) is 16.0 Å². The number of rotatable bonds is 5. The van der Waals surface area contributed by atoms with Crippen LogP contribution in [-0.4, -0.2) is 75.1 Å². The predicted molar refractivity (Wildman–Crippen MR) is 129 cm³/mol. The van der Waals surface area contributed by atoms with Gasteiger partial charge in [0.2, 0.25) is 0 Å². The molecule has 5 heterocycles. The summed E-state index contributed by atoms with van der Waals surface area (Å²) in [5.74, 6) is 2.65. The number of alkyl halides is 1. The summed E-state index contributed by atoms with van der Waals surface area (Å²) >= 11 is 0. The van der Waals surface area contributed by atoms with Gasteiger partial charge in [0.05, 0.1) is 6.20 Å². The number of pyridine rings is 1. The Balaban J connectivity index is 0.00000259. The fraction of sp³-hybridized carbons (Fsp3) is 0.478. The van der Waals surface area contributed by atoms with Gasteiger partial charge in [-0.3, -0.25) is 4.90 Å². The van der Waals surface area contributed by atoms with E-state index in [1.807, 2.05) is 29.1 Å². The summed E-state index contributed by atoms with van der Waals surface area (Å²) in [6, 6.07) is 5.86. The third-order valence-electron chi connectivity index (χ3n) is 6.43. The number of piperazine rings is 1. The first-order chi connectivity index (χ1) is 15.7. The predicted octanol–water partition coefficient (Wildman–Crippen LogP) is 3.05. The molecule has 2 fully saturated rings. The Labute approximate surface area is 199 Å². The lowest BCUT2D eigenvalue weighted by atomic mass is 10.1. The van der Waals surface area contributed by atoms with Crippen LogP contribution in [0.1, 0.15) is 24.1 Å². The molecular formula is C23H30ClFN8. The summed E-state index contributed by atoms with van der Waals surface area (Å²) in [5, 5.41) is 4.55. The van der Waals surface area contributed by atoms with Crippen molar-refractivity contribution >= 4 is 24.0 Å². The monoisotopic (exact) mass is 472 g/mol. The van der Waals surface area contributed by atoms with Crippen LogP contribution in [0.2, 0.25) is 0 Å². The molecule has 0 unspecified atom stereocenters. The van der Waals surface area contributed by atoms with E-state index in [4.69, 9.17) is 0 Å². The Morgan fingerprint density at radius 2 is 1.55 bits per heavy atom. The largest absolute Gasteiger partial charge is 0.353 e. The molecule has 10 heteroatoms. The van der Waals surface area contributed by atoms with E-state index in [2.05, 4.69) is 41.7 Å². The first kappa shape index (κ1) is 23.4. The molecule has 0 bridgehead atoms. The molecule has 2 aliphatic heterocycles. The molecule has 0 amide bonds. The fourth-order valence-corrected chi connectivity index (χ4v) is 4.50. The lowest BCUT2D eigenvalue weighted by molar-refractivity contribution is 0.248. The number of aromatic nitrogens is 5. The Kier molecular flexibility index (Phi) is 7.39. The van der Waals surface area contributed by atoms with Crippen molar-refractivity contribution in [2.45, 2.75) is 32.5 Å². The Hall–Kier alpha value is -2.78. The fourth-order valence-electron chi connectivity index (χ4n) is 4.50. The van der Waals surface area contributed by atoms with Gasteiger partial charge in [-0.05, 0) is 31.9 Å². The first-order valence-corrected chi connectivity index (χ1v) is 11.3. The van der Waals surface area contributed by atoms with E-state index in [9.17, 15) is 4.39 Å². The topological polar surface area (TPSA) is 66.2 Å². The normalized spacial score (nSPS) is 17.8. The van der Waals surface area contributed by atoms with E-state index in [1.165, 1.54) is 5.56 Å². The van der Waals surface area contributed by atoms with E-state index < -0.39 is 6.17 Å². The van der Waals surface area contributed by atoms with Gasteiger partial charge in [-0.25, -0.2) is 24.0 Å². The lowest BCUT2D eigenvalue weighted by Crippen LogP contribution is -2.47. The summed E-state index contributed by atoms with van der Waals surface area (Å²) in [6.45, 7) is 8.02. The van der Waals surface area contributed by atoms with Crippen LogP contribution < -0.4 is 9.80 Å². The first-order valence-electron chi connectivity index (χ1n) is 11.3. The molecule has 0 saturated carbocycles. The SMILES string of the molecule is Cc1c(CN2CCN(c3nccnc3N3CCC(F)CC3)CC2)cnn1-c1ccccn1.Cl. The van der Waals surface area contributed by atoms with E-state index in [1.54, 1.807) is 18.6 Å². The summed E-state index contributed by atoms with van der Waals surface area (Å²) in [4.78, 5) is 20.6. The van der Waals surface area contributed by atoms with Crippen molar-refractivity contribution in [1.82, 2.24) is 29.6 Å². The average Bonchev–Trinajstić information content (AvgIpc) is 3.20. The van der Waals surface area contributed by atoms with E-state index in [0.29, 0.717) is 25.9 Å². The Morgan fingerprint density at radius 1 is 0.879 bits per heavy atom. The molecule has 0 N–H and O–H groups in total. The van der Waals surface area contributed by atoms with Crippen molar-refractivity contribution in [3.8, 4) is 5.82 Å². The van der Waals surface area contributed by atoms with E-state index in [-0.39, 0.29) is 12.4 Å². The second-order valence-electron chi connectivity index (χ2n) is 8.48. The number of piperidine rings is 1. The molecule has 0 aromatic carbocycles. The molecule has 0 atom stereocenters. The summed E-state index contributed by atoms with van der Waals surface area (Å²) in [6.07, 6.45) is 7.66. The molecule has 176 valence electrons. The Bertz CT molecular complexity index is 1030. The molecular weight excluding hydrogens is 443 g/mol. The number of hydrogen-bond donors (Lipinski definition) is 0. The number of anilines is 2. The van der Waals surface area contributed by atoms with Gasteiger partial charge in [-0.15, -0.1) is 12.4 Å². The number of halogens is 2. The highest BCUT2D eigenvalue weighted by molar-refractivity contribution is 5.85. The molecule has 5 rings (SSSR count). The van der Waals surface area contributed by atoms with Gasteiger partial charge < -0.3 is 9.80 Å². The molecule has 2 aliphatic rings. The summed E-state index contributed by atoms with van der Waals surface area (Å²) in [7, 11) is 0. The maximum absolute atomic E-state index is 13.6. The summed E-state index contributed by atoms with van der Waals surface area (Å²) in [5.41, 5.74) is 2.34. The van der Waals surface area contributed by atoms with Crippen molar-refractivity contribution in [3.05, 3.63) is 54.2 Å². The highest BCUT2D eigenvalue weighted by atomic mass is 35.5. The minimum Gasteiger partial charge on any atom is -0.353 e. The smallest absolute Gasteiger partial charge is 0.172 e. The summed E-state index contributed by atoms with van der Waals surface area (Å²) < 4.78 is 15.5. The highest BCUT2D eigenvalue weighted by Crippen LogP contribution is 2.28. The second kappa shape index (κ2) is 10.4. The molecule has 0 aliphatic carbocycles. The maximum atomic E-state index is 13.6. The average molecular weight is 473 g/mol. The van der Waals surface area contributed by atoms with Gasteiger partial charge >= 0.3 is 0 Å². The van der Waals surface area contributed by atoms with E-state index in [0.717, 1.165) is 55.9 Å². The van der Waals surface area contributed by atoms with Crippen LogP contribution in [0.25, 0.3) is 5.82 Å². The zero-order chi connectivity index (χ0) is 21.9. The van der Waals surface area contributed by atoms with Crippen molar-refractivity contribution in [2.75, 3.05) is 49.1 Å². The van der Waals surface area contributed by atoms with Crippen molar-refractivity contribution in [3.63, 3.8) is 0 Å². The van der Waals surface area contributed by atoms with Gasteiger partial charge in [0.15, 0.2) is 17.5 Å². The van der Waals surface area contributed by atoms with Gasteiger partial charge in [-0.1, -0.05) is 6.07 Å².